The van der Waals surface area contributed by atoms with Crippen molar-refractivity contribution in [2.75, 3.05) is 4.90 Å². The molecule has 0 aliphatic carbocycles. The fourth-order valence-electron chi connectivity index (χ4n) is 4.74. The molecule has 2 aromatic carbocycles. The van der Waals surface area contributed by atoms with Crippen LogP contribution >= 0.6 is 47.0 Å². The third kappa shape index (κ3) is 4.15. The first-order valence-corrected chi connectivity index (χ1v) is 12.4. The van der Waals surface area contributed by atoms with Gasteiger partial charge in [-0.1, -0.05) is 46.9 Å². The molecule has 1 aliphatic rings. The molecule has 0 amide bonds. The van der Waals surface area contributed by atoms with Crippen LogP contribution in [0.1, 0.15) is 34.7 Å². The van der Waals surface area contributed by atoms with Gasteiger partial charge in [-0.05, 0) is 80.2 Å². The van der Waals surface area contributed by atoms with Crippen LogP contribution in [0.4, 0.5) is 5.69 Å². The van der Waals surface area contributed by atoms with Gasteiger partial charge < -0.3 is 19.9 Å². The third-order valence-electron chi connectivity index (χ3n) is 6.26. The van der Waals surface area contributed by atoms with Gasteiger partial charge in [0.2, 0.25) is 0 Å². The monoisotopic (exact) mass is 542 g/mol. The molecule has 4 aromatic rings. The van der Waals surface area contributed by atoms with E-state index in [1.165, 1.54) is 0 Å². The SMILES string of the molecule is Cc1cc([C@H]2[C@@H](c3ccccn3)NC(=S)N2c2cc(Cl)ccc2O)c(C)n1-c1cccc(Cl)c1Cl. The van der Waals surface area contributed by atoms with Crippen molar-refractivity contribution in [2.45, 2.75) is 25.9 Å². The summed E-state index contributed by atoms with van der Waals surface area (Å²) in [6.07, 6.45) is 1.76. The zero-order valence-electron chi connectivity index (χ0n) is 18.8. The summed E-state index contributed by atoms with van der Waals surface area (Å²) in [5.41, 5.74) is 5.09. The van der Waals surface area contributed by atoms with E-state index in [2.05, 4.69) is 20.9 Å². The molecule has 3 heterocycles. The van der Waals surface area contributed by atoms with Crippen molar-refractivity contribution in [3.63, 3.8) is 0 Å². The standard InChI is InChI=1S/C26H21Cl3N4OS/c1-14-12-17(15(2)32(14)20-8-5-6-18(28)23(20)29)25-24(19-7-3-4-11-30-19)31-26(35)33(25)21-13-16(27)9-10-22(21)34/h3-13,24-25,34H,1-2H3,(H,31,35)/t24-,25+/m1/s1. The predicted octanol–water partition coefficient (Wildman–Crippen LogP) is 7.33. The lowest BCUT2D eigenvalue weighted by atomic mass is 9.96. The second kappa shape index (κ2) is 9.36. The Morgan fingerprint density at radius 3 is 2.51 bits per heavy atom. The van der Waals surface area contributed by atoms with Crippen LogP contribution in [0.15, 0.2) is 66.9 Å². The molecule has 5 rings (SSSR count). The number of nitrogens with zero attached hydrogens (tertiary/aromatic N) is 3. The van der Waals surface area contributed by atoms with E-state index in [1.807, 2.05) is 49.1 Å². The molecular formula is C26H21Cl3N4OS. The third-order valence-corrected chi connectivity index (χ3v) is 7.61. The molecule has 2 aromatic heterocycles. The highest BCUT2D eigenvalue weighted by Gasteiger charge is 2.43. The number of aromatic hydroxyl groups is 1. The number of rotatable bonds is 4. The zero-order chi connectivity index (χ0) is 24.9. The topological polar surface area (TPSA) is 53.3 Å². The van der Waals surface area contributed by atoms with Crippen molar-refractivity contribution in [3.8, 4) is 11.4 Å². The highest BCUT2D eigenvalue weighted by Crippen LogP contribution is 2.46. The smallest absolute Gasteiger partial charge is 0.174 e. The number of nitrogens with one attached hydrogen (secondary N) is 1. The molecule has 1 saturated heterocycles. The Labute approximate surface area is 223 Å². The van der Waals surface area contributed by atoms with Gasteiger partial charge >= 0.3 is 0 Å². The van der Waals surface area contributed by atoms with Crippen molar-refractivity contribution in [3.05, 3.63) is 105 Å². The van der Waals surface area contributed by atoms with Gasteiger partial charge in [0.25, 0.3) is 0 Å². The maximum atomic E-state index is 10.8. The van der Waals surface area contributed by atoms with Gasteiger partial charge in [0.15, 0.2) is 5.11 Å². The molecule has 0 saturated carbocycles. The maximum absolute atomic E-state index is 10.8. The van der Waals surface area contributed by atoms with Crippen LogP contribution in [-0.4, -0.2) is 19.8 Å². The van der Waals surface area contributed by atoms with Crippen LogP contribution in [0.3, 0.4) is 0 Å². The molecule has 0 unspecified atom stereocenters. The van der Waals surface area contributed by atoms with Crippen LogP contribution in [0.2, 0.25) is 15.1 Å². The van der Waals surface area contributed by atoms with Crippen LogP contribution < -0.4 is 10.2 Å². The van der Waals surface area contributed by atoms with Crippen LogP contribution in [0.25, 0.3) is 5.69 Å². The molecule has 0 radical (unpaired) electrons. The first kappa shape index (κ1) is 23.9. The minimum atomic E-state index is -0.320. The number of anilines is 1. The van der Waals surface area contributed by atoms with Gasteiger partial charge in [0.1, 0.15) is 5.75 Å². The van der Waals surface area contributed by atoms with Gasteiger partial charge in [-0.15, -0.1) is 0 Å². The van der Waals surface area contributed by atoms with E-state index in [1.54, 1.807) is 30.5 Å². The molecule has 1 aliphatic heterocycles. The summed E-state index contributed by atoms with van der Waals surface area (Å²) in [6, 6.07) is 17.8. The molecule has 0 bridgehead atoms. The lowest BCUT2D eigenvalue weighted by molar-refractivity contribution is 0.472. The summed E-state index contributed by atoms with van der Waals surface area (Å²) >= 11 is 25.0. The number of hydrogen-bond donors (Lipinski definition) is 2. The van der Waals surface area contributed by atoms with Crippen molar-refractivity contribution < 1.29 is 5.11 Å². The minimum Gasteiger partial charge on any atom is -0.506 e. The molecule has 178 valence electrons. The van der Waals surface area contributed by atoms with Crippen molar-refractivity contribution in [2.24, 2.45) is 0 Å². The predicted molar refractivity (Wildman–Crippen MR) is 146 cm³/mol. The Balaban J connectivity index is 1.73. The number of phenolic OH excluding ortho intramolecular Hbond substituents is 1. The lowest BCUT2D eigenvalue weighted by Crippen LogP contribution is -2.29. The van der Waals surface area contributed by atoms with Gasteiger partial charge in [-0.2, -0.15) is 0 Å². The maximum Gasteiger partial charge on any atom is 0.174 e. The van der Waals surface area contributed by atoms with E-state index in [9.17, 15) is 5.11 Å². The quantitative estimate of drug-likeness (QED) is 0.264. The zero-order valence-corrected chi connectivity index (χ0v) is 21.9. The molecule has 2 atom stereocenters. The van der Waals surface area contributed by atoms with E-state index in [0.29, 0.717) is 25.9 Å². The number of benzene rings is 2. The fourth-order valence-corrected chi connectivity index (χ4v) is 5.63. The van der Waals surface area contributed by atoms with Crippen LogP contribution in [0.5, 0.6) is 5.75 Å². The minimum absolute atomic E-state index is 0.0805. The largest absolute Gasteiger partial charge is 0.506 e. The first-order chi connectivity index (χ1) is 16.8. The fraction of sp³-hybridized carbons (Fsp3) is 0.154. The Morgan fingerprint density at radius 1 is 0.971 bits per heavy atom. The Morgan fingerprint density at radius 2 is 1.77 bits per heavy atom. The summed E-state index contributed by atoms with van der Waals surface area (Å²) in [4.78, 5) is 6.50. The van der Waals surface area contributed by atoms with E-state index in [4.69, 9.17) is 47.0 Å². The van der Waals surface area contributed by atoms with Crippen LogP contribution in [-0.2, 0) is 0 Å². The van der Waals surface area contributed by atoms with E-state index in [0.717, 1.165) is 28.3 Å². The highest BCUT2D eigenvalue weighted by atomic mass is 35.5. The summed E-state index contributed by atoms with van der Waals surface area (Å²) in [7, 11) is 0. The summed E-state index contributed by atoms with van der Waals surface area (Å²) < 4.78 is 2.08. The Bertz CT molecular complexity index is 1440. The first-order valence-electron chi connectivity index (χ1n) is 10.9. The van der Waals surface area contributed by atoms with Gasteiger partial charge in [0, 0.05) is 22.6 Å². The van der Waals surface area contributed by atoms with Crippen molar-refractivity contribution >= 4 is 57.8 Å². The summed E-state index contributed by atoms with van der Waals surface area (Å²) in [6.45, 7) is 4.05. The number of halogens is 3. The van der Waals surface area contributed by atoms with E-state index in [-0.39, 0.29) is 17.8 Å². The highest BCUT2D eigenvalue weighted by molar-refractivity contribution is 7.80. The Kier molecular flexibility index (Phi) is 6.40. The van der Waals surface area contributed by atoms with Crippen LogP contribution in [0, 0.1) is 13.8 Å². The normalized spacial score (nSPS) is 17.6. The average Bonchev–Trinajstić information content (AvgIpc) is 3.33. The second-order valence-electron chi connectivity index (χ2n) is 8.36. The Hall–Kier alpha value is -2.77. The van der Waals surface area contributed by atoms with Crippen molar-refractivity contribution in [1.82, 2.24) is 14.9 Å². The summed E-state index contributed by atoms with van der Waals surface area (Å²) in [5, 5.41) is 16.1. The molecule has 5 nitrogen and oxygen atoms in total. The molecule has 1 fully saturated rings. The van der Waals surface area contributed by atoms with Gasteiger partial charge in [-0.25, -0.2) is 0 Å². The molecule has 0 spiro atoms. The number of phenols is 1. The summed E-state index contributed by atoms with van der Waals surface area (Å²) in [5.74, 6) is 0.0805. The van der Waals surface area contributed by atoms with E-state index >= 15 is 0 Å². The lowest BCUT2D eigenvalue weighted by Gasteiger charge is -2.29. The molecule has 35 heavy (non-hydrogen) atoms. The number of thiocarbonyl (C=S) groups is 1. The van der Waals surface area contributed by atoms with Crippen molar-refractivity contribution in [1.29, 1.82) is 0 Å². The average molecular weight is 544 g/mol. The second-order valence-corrected chi connectivity index (χ2v) is 9.97. The van der Waals surface area contributed by atoms with Gasteiger partial charge in [-0.3, -0.25) is 4.98 Å². The number of aromatic nitrogens is 2. The number of hydrogen-bond acceptors (Lipinski definition) is 3. The van der Waals surface area contributed by atoms with E-state index < -0.39 is 0 Å². The number of pyridine rings is 1. The molecule has 2 N–H and O–H groups in total. The molecular weight excluding hydrogens is 523 g/mol. The molecule has 9 heteroatoms. The van der Waals surface area contributed by atoms with Gasteiger partial charge in [0.05, 0.1) is 39.2 Å². The number of aryl methyl sites for hydroxylation is 1.